The van der Waals surface area contributed by atoms with Gasteiger partial charge in [0.2, 0.25) is 0 Å². The second-order valence-electron chi connectivity index (χ2n) is 29.9. The van der Waals surface area contributed by atoms with Crippen LogP contribution in [0.3, 0.4) is 0 Å². The Hall–Kier alpha value is -14.9. The normalized spacial score (nSPS) is 11.6. The number of hydrogen-bond acceptors (Lipinski definition) is 8. The van der Waals surface area contributed by atoms with Gasteiger partial charge in [0.15, 0.2) is 0 Å². The molecule has 0 bridgehead atoms. The monoisotopic (exact) mass is 1580 g/mol. The van der Waals surface area contributed by atoms with E-state index in [2.05, 4.69) is 331 Å². The fourth-order valence-corrected chi connectivity index (χ4v) is 17.3. The number of fused-ring (bicyclic) bond motifs is 18. The molecular weight excluding hydrogens is 1520 g/mol. The first-order chi connectivity index (χ1) is 58.2. The molecule has 18 aromatic carbocycles. The zero-order valence-electron chi connectivity index (χ0n) is 63.2. The summed E-state index contributed by atoms with van der Waals surface area (Å²) in [6.45, 7) is 0. The number of furan rings is 6. The third kappa shape index (κ3) is 12.9. The number of rotatable bonds is 11. The molecule has 0 aliphatic carbocycles. The molecule has 24 aromatic rings. The highest BCUT2D eigenvalue weighted by Gasteiger charge is 2.19. The first-order valence-electron chi connectivity index (χ1n) is 39.2. The standard InChI is InChI=1S/C54H32O3.C30H19BrO.C24H14BO4/c1-2-8-33(9-3-1)34-10-6-11-35(26-34)38-16-22-51-45(29-38)46-30-39(17-23-52(46)56-51)36-12-7-13-37(27-36)40-18-24-53-47(31-40)48-32-42(20-25-54(48)57-53)41-19-21-50-44(28-41)43-14-4-5-15-49(43)55-50;31-26-11-5-10-23(17-26)25-13-15-30-28(19-25)27-18-24(12-14-29(27)32-30)22-9-4-8-21(16-22)20-6-2-1-3-7-20;26-25-29-16-7-10-24-20(13-16)19-12-15(6-9-23(19)28-24)14-5-8-22-18(11-14)17-3-1-2-4-21(17)27-22/h1-32H;1-19H;1-13,26H. The van der Waals surface area contributed by atoms with Gasteiger partial charge in [0, 0.05) is 69.1 Å². The second-order valence-corrected chi connectivity index (χ2v) is 30.8. The van der Waals surface area contributed by atoms with E-state index in [-0.39, 0.29) is 0 Å². The van der Waals surface area contributed by atoms with Gasteiger partial charge in [-0.3, -0.25) is 0 Å². The Morgan fingerprint density at radius 1 is 0.169 bits per heavy atom. The zero-order chi connectivity index (χ0) is 78.3. The highest BCUT2D eigenvalue weighted by atomic mass is 79.9. The van der Waals surface area contributed by atoms with E-state index in [0.717, 1.165) is 186 Å². The van der Waals surface area contributed by atoms with Gasteiger partial charge in [-0.25, -0.2) is 0 Å². The number of benzene rings is 18. The molecule has 0 aliphatic heterocycles. The van der Waals surface area contributed by atoms with Crippen molar-refractivity contribution in [3.05, 3.63) is 393 Å². The summed E-state index contributed by atoms with van der Waals surface area (Å²) in [7, 11) is 0.680. The zero-order valence-corrected chi connectivity index (χ0v) is 64.8. The van der Waals surface area contributed by atoms with Crippen LogP contribution in [-0.4, -0.2) is 12.7 Å². The summed E-state index contributed by atoms with van der Waals surface area (Å²) in [5.74, 6) is 0.555. The van der Waals surface area contributed by atoms with Crippen molar-refractivity contribution in [2.75, 3.05) is 0 Å². The average Bonchev–Trinajstić information content (AvgIpc) is 1.61. The van der Waals surface area contributed by atoms with Crippen LogP contribution in [-0.2, 0) is 0 Å². The molecule has 0 atom stereocenters. The first kappa shape index (κ1) is 69.8. The van der Waals surface area contributed by atoms with Gasteiger partial charge in [0.25, 0.3) is 0 Å². The van der Waals surface area contributed by atoms with Crippen molar-refractivity contribution < 1.29 is 36.2 Å². The quantitative estimate of drug-likeness (QED) is 0.128. The van der Waals surface area contributed by atoms with Gasteiger partial charge < -0.3 is 36.2 Å². The number of halogens is 1. The third-order valence-corrected chi connectivity index (χ3v) is 23.2. The van der Waals surface area contributed by atoms with Crippen LogP contribution < -0.4 is 4.65 Å². The van der Waals surface area contributed by atoms with Gasteiger partial charge in [-0.15, -0.1) is 0 Å². The Morgan fingerprint density at radius 2 is 0.373 bits per heavy atom. The highest BCUT2D eigenvalue weighted by Crippen LogP contribution is 2.44. The van der Waals surface area contributed by atoms with Crippen molar-refractivity contribution >= 4 is 155 Å². The summed E-state index contributed by atoms with van der Waals surface area (Å²) in [5.41, 5.74) is 31.5. The predicted molar refractivity (Wildman–Crippen MR) is 488 cm³/mol. The Morgan fingerprint density at radius 3 is 0.653 bits per heavy atom. The van der Waals surface area contributed by atoms with Crippen LogP contribution in [0.1, 0.15) is 0 Å². The Balaban J connectivity index is 0.000000116. The van der Waals surface area contributed by atoms with E-state index < -0.39 is 0 Å². The molecule has 0 unspecified atom stereocenters. The highest BCUT2D eigenvalue weighted by molar-refractivity contribution is 9.10. The molecule has 0 saturated carbocycles. The molecule has 1 N–H and O–H groups in total. The second kappa shape index (κ2) is 29.2. The van der Waals surface area contributed by atoms with Crippen molar-refractivity contribution in [3.63, 3.8) is 0 Å². The summed E-state index contributed by atoms with van der Waals surface area (Å²) < 4.78 is 43.0. The summed E-state index contributed by atoms with van der Waals surface area (Å²) in [6.07, 6.45) is 0. The Labute approximate surface area is 685 Å². The molecule has 8 nitrogen and oxygen atoms in total. The molecule has 0 fully saturated rings. The molecule has 6 heterocycles. The molecule has 24 rings (SSSR count). The van der Waals surface area contributed by atoms with Crippen LogP contribution in [0.25, 0.3) is 232 Å². The van der Waals surface area contributed by atoms with E-state index in [1.807, 2.05) is 66.7 Å². The summed E-state index contributed by atoms with van der Waals surface area (Å²) in [6, 6.07) is 135. The van der Waals surface area contributed by atoms with Gasteiger partial charge in [-0.1, -0.05) is 234 Å². The lowest BCUT2D eigenvalue weighted by molar-refractivity contribution is 0.454. The Bertz CT molecular complexity index is 8060. The number of hydrogen-bond donors (Lipinski definition) is 1. The molecule has 118 heavy (non-hydrogen) atoms. The van der Waals surface area contributed by atoms with Crippen molar-refractivity contribution in [2.24, 2.45) is 0 Å². The van der Waals surface area contributed by atoms with Crippen LogP contribution in [0.5, 0.6) is 5.75 Å². The van der Waals surface area contributed by atoms with Crippen LogP contribution >= 0.6 is 15.9 Å². The maximum atomic E-state index is 8.91. The predicted octanol–water partition coefficient (Wildman–Crippen LogP) is 31.1. The molecule has 10 heteroatoms. The van der Waals surface area contributed by atoms with E-state index in [1.165, 1.54) is 50.1 Å². The largest absolute Gasteiger partial charge is 0.569 e. The lowest BCUT2D eigenvalue weighted by atomic mass is 9.96. The van der Waals surface area contributed by atoms with Crippen molar-refractivity contribution in [1.29, 1.82) is 0 Å². The van der Waals surface area contributed by atoms with Crippen molar-refractivity contribution in [1.82, 2.24) is 0 Å². The molecular formula is C108H65BBrO8. The lowest BCUT2D eigenvalue weighted by Gasteiger charge is -2.07. The fraction of sp³-hybridized carbons (Fsp3) is 0. The summed E-state index contributed by atoms with van der Waals surface area (Å²) in [5, 5.41) is 22.0. The minimum absolute atomic E-state index is 0.555. The smallest absolute Gasteiger partial charge is 0.537 e. The maximum absolute atomic E-state index is 8.91. The molecule has 0 saturated heterocycles. The topological polar surface area (TPSA) is 108 Å². The fourth-order valence-electron chi connectivity index (χ4n) is 16.9. The van der Waals surface area contributed by atoms with Gasteiger partial charge in [-0.05, 0) is 270 Å². The Kier molecular flexibility index (Phi) is 17.2. The molecule has 555 valence electrons. The van der Waals surface area contributed by atoms with Crippen LogP contribution in [0.2, 0.25) is 0 Å². The maximum Gasteiger partial charge on any atom is 0.569 e. The molecule has 6 aromatic heterocycles. The van der Waals surface area contributed by atoms with Crippen LogP contribution in [0.4, 0.5) is 0 Å². The van der Waals surface area contributed by atoms with Gasteiger partial charge in [0.05, 0.1) is 0 Å². The van der Waals surface area contributed by atoms with Crippen molar-refractivity contribution in [3.8, 4) is 106 Å². The minimum atomic E-state index is 0.555. The lowest BCUT2D eigenvalue weighted by Crippen LogP contribution is -1.98. The first-order valence-corrected chi connectivity index (χ1v) is 40.0. The molecule has 0 spiro atoms. The SMILES string of the molecule is Brc1cccc(-c2ccc3oc4ccc(-c5cccc(-c6ccccc6)c5)cc4c3c2)c1.O[B]Oc1ccc2oc3ccc(-c4ccc5oc6ccccc6c5c4)cc3c2c1.c1ccc(-c2cccc(-c3ccc4oc5ccc(-c6cccc(-c7ccc8oc9ccc(-c%10ccc%11oc%12ccccc%12c%11c%10)cc9c8c7)c6)cc5c4c3)c2)cc1. The van der Waals surface area contributed by atoms with Gasteiger partial charge in [0.1, 0.15) is 72.7 Å². The van der Waals surface area contributed by atoms with Gasteiger partial charge >= 0.3 is 7.69 Å². The molecule has 1 radical (unpaired) electrons. The van der Waals surface area contributed by atoms with E-state index >= 15 is 0 Å². The third-order valence-electron chi connectivity index (χ3n) is 22.8. The van der Waals surface area contributed by atoms with E-state index in [0.29, 0.717) is 13.4 Å². The number of para-hydroxylation sites is 2. The average molecular weight is 1580 g/mol. The molecule has 0 amide bonds. The van der Waals surface area contributed by atoms with Crippen molar-refractivity contribution in [2.45, 2.75) is 0 Å². The molecule has 0 aliphatic rings. The minimum Gasteiger partial charge on any atom is -0.537 e. The summed E-state index contributed by atoms with van der Waals surface area (Å²) in [4.78, 5) is 0. The van der Waals surface area contributed by atoms with Crippen LogP contribution in [0.15, 0.2) is 419 Å². The van der Waals surface area contributed by atoms with E-state index in [1.54, 1.807) is 6.07 Å². The van der Waals surface area contributed by atoms with Crippen LogP contribution in [0, 0.1) is 0 Å². The van der Waals surface area contributed by atoms with E-state index in [9.17, 15) is 0 Å². The summed E-state index contributed by atoms with van der Waals surface area (Å²) >= 11 is 3.58. The van der Waals surface area contributed by atoms with Gasteiger partial charge in [-0.2, -0.15) is 0 Å². The van der Waals surface area contributed by atoms with E-state index in [4.69, 9.17) is 36.2 Å².